The molecule has 0 bridgehead atoms. The van der Waals surface area contributed by atoms with E-state index in [0.29, 0.717) is 41.9 Å². The largest absolute Gasteiger partial charge is 0.505 e. The number of nitrogens with zero attached hydrogens (tertiary/aromatic N) is 3. The molecule has 0 aliphatic carbocycles. The number of ether oxygens (including phenoxy) is 2. The second kappa shape index (κ2) is 8.57. The molecule has 1 heterocycles. The molecular weight excluding hydrogens is 382 g/mol. The first-order valence-electron chi connectivity index (χ1n) is 9.80. The number of methoxy groups -OCH3 is 1. The zero-order chi connectivity index (χ0) is 21.9. The number of rotatable bonds is 7. The number of carbonyl (C=O) groups is 1. The molecule has 0 saturated carbocycles. The highest BCUT2D eigenvalue weighted by Gasteiger charge is 2.23. The quantitative estimate of drug-likeness (QED) is 0.359. The van der Waals surface area contributed by atoms with Crippen LogP contribution in [0.4, 0.5) is 0 Å². The summed E-state index contributed by atoms with van der Waals surface area (Å²) >= 11 is 0. The van der Waals surface area contributed by atoms with Crippen LogP contribution in [0.2, 0.25) is 0 Å². The van der Waals surface area contributed by atoms with Gasteiger partial charge in [0.05, 0.1) is 13.7 Å². The summed E-state index contributed by atoms with van der Waals surface area (Å²) in [6, 6.07) is 9.31. The lowest BCUT2D eigenvalue weighted by Crippen LogP contribution is -2.14. The molecule has 0 amide bonds. The van der Waals surface area contributed by atoms with Crippen molar-refractivity contribution in [2.24, 2.45) is 0 Å². The first kappa shape index (κ1) is 21.4. The van der Waals surface area contributed by atoms with Gasteiger partial charge >= 0.3 is 5.97 Å². The van der Waals surface area contributed by atoms with E-state index in [9.17, 15) is 9.90 Å². The van der Waals surface area contributed by atoms with Gasteiger partial charge in [-0.05, 0) is 42.0 Å². The molecule has 158 valence electrons. The molecule has 3 aromatic rings. The zero-order valence-corrected chi connectivity index (χ0v) is 17.8. The fraction of sp³-hybridized carbons (Fsp3) is 0.348. The summed E-state index contributed by atoms with van der Waals surface area (Å²) in [4.78, 5) is 12.7. The van der Waals surface area contributed by atoms with Crippen LogP contribution in [0.3, 0.4) is 0 Å². The number of aromatic hydroxyl groups is 1. The number of phenols is 1. The topological polar surface area (TPSA) is 86.5 Å². The summed E-state index contributed by atoms with van der Waals surface area (Å²) in [5.74, 6) is 0.410. The monoisotopic (exact) mass is 409 g/mol. The summed E-state index contributed by atoms with van der Waals surface area (Å²) in [5.41, 5.74) is 3.41. The number of aromatic nitrogens is 3. The Morgan fingerprint density at radius 2 is 1.93 bits per heavy atom. The van der Waals surface area contributed by atoms with E-state index in [0.717, 1.165) is 17.2 Å². The van der Waals surface area contributed by atoms with Crippen LogP contribution >= 0.6 is 0 Å². The molecule has 0 aliphatic rings. The van der Waals surface area contributed by atoms with Gasteiger partial charge in [0.25, 0.3) is 0 Å². The average molecular weight is 409 g/mol. The van der Waals surface area contributed by atoms with E-state index in [2.05, 4.69) is 16.8 Å². The molecule has 0 spiro atoms. The van der Waals surface area contributed by atoms with Crippen molar-refractivity contribution in [3.05, 3.63) is 54.1 Å². The van der Waals surface area contributed by atoms with Crippen molar-refractivity contribution in [2.75, 3.05) is 13.7 Å². The SMILES string of the molecule is C=CC(=O)OCCCc1cc(-n2nc3ccc(OC)cc3n2)c(O)c(C(C)(C)C)c1. The molecule has 30 heavy (non-hydrogen) atoms. The zero-order valence-electron chi connectivity index (χ0n) is 17.8. The van der Waals surface area contributed by atoms with Gasteiger partial charge in [-0.1, -0.05) is 33.4 Å². The number of carbonyl (C=O) groups excluding carboxylic acids is 1. The molecule has 3 rings (SSSR count). The number of esters is 1. The van der Waals surface area contributed by atoms with Gasteiger partial charge in [0, 0.05) is 17.7 Å². The summed E-state index contributed by atoms with van der Waals surface area (Å²) in [6.07, 6.45) is 2.48. The first-order chi connectivity index (χ1) is 14.2. The maximum atomic E-state index is 11.2. The molecule has 1 aromatic heterocycles. The smallest absolute Gasteiger partial charge is 0.330 e. The molecule has 7 nitrogen and oxygen atoms in total. The Kier molecular flexibility index (Phi) is 6.10. The van der Waals surface area contributed by atoms with E-state index in [1.807, 2.05) is 45.0 Å². The lowest BCUT2D eigenvalue weighted by molar-refractivity contribution is -0.137. The predicted octanol–water partition coefficient (Wildman–Crippen LogP) is 4.09. The van der Waals surface area contributed by atoms with Gasteiger partial charge in [-0.2, -0.15) is 0 Å². The number of hydrogen-bond donors (Lipinski definition) is 1. The van der Waals surface area contributed by atoms with E-state index in [1.165, 1.54) is 4.80 Å². The molecule has 0 saturated heterocycles. The molecular formula is C23H27N3O4. The average Bonchev–Trinajstić information content (AvgIpc) is 3.13. The van der Waals surface area contributed by atoms with Crippen LogP contribution in [0.5, 0.6) is 11.5 Å². The summed E-state index contributed by atoms with van der Waals surface area (Å²) < 4.78 is 10.3. The third kappa shape index (κ3) is 4.62. The maximum Gasteiger partial charge on any atom is 0.330 e. The van der Waals surface area contributed by atoms with Crippen molar-refractivity contribution < 1.29 is 19.4 Å². The second-order valence-corrected chi connectivity index (χ2v) is 8.08. The Bertz CT molecular complexity index is 1080. The molecule has 0 atom stereocenters. The van der Waals surface area contributed by atoms with E-state index >= 15 is 0 Å². The van der Waals surface area contributed by atoms with Crippen molar-refractivity contribution in [3.8, 4) is 17.2 Å². The first-order valence-corrected chi connectivity index (χ1v) is 9.80. The highest BCUT2D eigenvalue weighted by Crippen LogP contribution is 2.36. The van der Waals surface area contributed by atoms with Gasteiger partial charge in [-0.25, -0.2) is 4.79 Å². The Labute approximate surface area is 175 Å². The molecule has 7 heteroatoms. The van der Waals surface area contributed by atoms with Crippen LogP contribution < -0.4 is 4.74 Å². The van der Waals surface area contributed by atoms with Gasteiger partial charge in [0.2, 0.25) is 0 Å². The second-order valence-electron chi connectivity index (χ2n) is 8.08. The maximum absolute atomic E-state index is 11.2. The Morgan fingerprint density at radius 3 is 2.60 bits per heavy atom. The molecule has 2 aromatic carbocycles. The Balaban J connectivity index is 1.98. The van der Waals surface area contributed by atoms with E-state index in [-0.39, 0.29) is 11.2 Å². The molecule has 0 radical (unpaired) electrons. The summed E-state index contributed by atoms with van der Waals surface area (Å²) in [5, 5.41) is 20.1. The van der Waals surface area contributed by atoms with Crippen molar-refractivity contribution >= 4 is 17.0 Å². The number of benzene rings is 2. The highest BCUT2D eigenvalue weighted by molar-refractivity contribution is 5.81. The van der Waals surface area contributed by atoms with Crippen molar-refractivity contribution in [3.63, 3.8) is 0 Å². The minimum Gasteiger partial charge on any atom is -0.505 e. The van der Waals surface area contributed by atoms with Gasteiger partial charge < -0.3 is 14.6 Å². The van der Waals surface area contributed by atoms with Gasteiger partial charge in [-0.15, -0.1) is 15.0 Å². The van der Waals surface area contributed by atoms with Crippen molar-refractivity contribution in [1.82, 2.24) is 15.0 Å². The Morgan fingerprint density at radius 1 is 1.20 bits per heavy atom. The summed E-state index contributed by atoms with van der Waals surface area (Å²) in [6.45, 7) is 9.82. The van der Waals surface area contributed by atoms with Crippen molar-refractivity contribution in [1.29, 1.82) is 0 Å². The van der Waals surface area contributed by atoms with E-state index in [4.69, 9.17) is 9.47 Å². The van der Waals surface area contributed by atoms with Crippen molar-refractivity contribution in [2.45, 2.75) is 39.0 Å². The third-order valence-corrected chi connectivity index (χ3v) is 4.78. The minimum absolute atomic E-state index is 0.150. The molecule has 1 N–H and O–H groups in total. The van der Waals surface area contributed by atoms with Gasteiger partial charge in [0.15, 0.2) is 0 Å². The number of phenolic OH excluding ortho intramolecular Hbond substituents is 1. The fourth-order valence-electron chi connectivity index (χ4n) is 3.18. The molecule has 0 unspecified atom stereocenters. The lowest BCUT2D eigenvalue weighted by Gasteiger charge is -2.23. The summed E-state index contributed by atoms with van der Waals surface area (Å²) in [7, 11) is 1.60. The standard InChI is InChI=1S/C23H27N3O4/c1-6-21(27)30-11-7-8-15-12-17(23(2,3)4)22(28)20(13-15)26-24-18-10-9-16(29-5)14-19(18)25-26/h6,9-10,12-14,28H,1,7-8,11H2,2-5H3. The van der Waals surface area contributed by atoms with Gasteiger partial charge in [0.1, 0.15) is 28.2 Å². The van der Waals surface area contributed by atoms with Gasteiger partial charge in [-0.3, -0.25) is 0 Å². The predicted molar refractivity (Wildman–Crippen MR) is 115 cm³/mol. The number of aryl methyl sites for hydroxylation is 1. The third-order valence-electron chi connectivity index (χ3n) is 4.78. The van der Waals surface area contributed by atoms with Crippen LogP contribution in [-0.2, 0) is 21.4 Å². The fourth-order valence-corrected chi connectivity index (χ4v) is 3.18. The Hall–Kier alpha value is -3.35. The van der Waals surface area contributed by atoms with Crippen LogP contribution in [-0.4, -0.2) is 39.8 Å². The molecule has 0 aliphatic heterocycles. The van der Waals surface area contributed by atoms with Crippen LogP contribution in [0.25, 0.3) is 16.7 Å². The van der Waals surface area contributed by atoms with Crippen LogP contribution in [0.15, 0.2) is 43.0 Å². The lowest BCUT2D eigenvalue weighted by atomic mass is 9.84. The number of fused-ring (bicyclic) bond motifs is 1. The highest BCUT2D eigenvalue weighted by atomic mass is 16.5. The minimum atomic E-state index is -0.431. The van der Waals surface area contributed by atoms with E-state index in [1.54, 1.807) is 13.2 Å². The number of hydrogen-bond acceptors (Lipinski definition) is 6. The molecule has 0 fully saturated rings. The van der Waals surface area contributed by atoms with Crippen LogP contribution in [0.1, 0.15) is 38.3 Å². The normalized spacial score (nSPS) is 11.5. The van der Waals surface area contributed by atoms with Crippen LogP contribution in [0, 0.1) is 0 Å². The van der Waals surface area contributed by atoms with E-state index < -0.39 is 5.97 Å².